The van der Waals surface area contributed by atoms with Gasteiger partial charge in [-0.05, 0) is 18.6 Å². The number of amides is 1. The van der Waals surface area contributed by atoms with E-state index in [1.165, 1.54) is 6.92 Å². The third-order valence-electron chi connectivity index (χ3n) is 2.12. The van der Waals surface area contributed by atoms with E-state index in [9.17, 15) is 9.59 Å². The molecule has 1 atom stereocenters. The van der Waals surface area contributed by atoms with E-state index in [1.54, 1.807) is 24.3 Å². The van der Waals surface area contributed by atoms with Crippen LogP contribution < -0.4 is 5.73 Å². The van der Waals surface area contributed by atoms with Crippen molar-refractivity contribution in [2.45, 2.75) is 19.6 Å². The highest BCUT2D eigenvalue weighted by atomic mass is 16.5. The Kier molecular flexibility index (Phi) is 4.02. The molecule has 0 radical (unpaired) electrons. The zero-order chi connectivity index (χ0) is 12.1. The van der Waals surface area contributed by atoms with Crippen LogP contribution in [-0.4, -0.2) is 23.1 Å². The lowest BCUT2D eigenvalue weighted by Gasteiger charge is -2.10. The molecule has 0 fully saturated rings. The first kappa shape index (κ1) is 12.2. The molecule has 0 aliphatic rings. The fourth-order valence-corrected chi connectivity index (χ4v) is 1.17. The second kappa shape index (κ2) is 5.27. The highest BCUT2D eigenvalue weighted by molar-refractivity contribution is 5.94. The van der Waals surface area contributed by atoms with Crippen LogP contribution in [0.3, 0.4) is 0 Å². The molecule has 0 spiro atoms. The number of carboxylic acid groups (broad SMARTS) is 1. The maximum absolute atomic E-state index is 11.1. The van der Waals surface area contributed by atoms with Crippen LogP contribution in [0.25, 0.3) is 0 Å². The quantitative estimate of drug-likeness (QED) is 0.771. The Morgan fingerprint density at radius 2 is 2.06 bits per heavy atom. The Hall–Kier alpha value is -1.88. The molecule has 3 N–H and O–H groups in total. The lowest BCUT2D eigenvalue weighted by atomic mass is 10.1. The molecule has 86 valence electrons. The van der Waals surface area contributed by atoms with Crippen molar-refractivity contribution in [3.8, 4) is 0 Å². The van der Waals surface area contributed by atoms with Gasteiger partial charge in [0.05, 0.1) is 6.61 Å². The molecule has 5 nitrogen and oxygen atoms in total. The van der Waals surface area contributed by atoms with Gasteiger partial charge in [-0.3, -0.25) is 4.79 Å². The molecular formula is C11H13NO4. The highest BCUT2D eigenvalue weighted by Gasteiger charge is 2.13. The van der Waals surface area contributed by atoms with Crippen molar-refractivity contribution in [3.05, 3.63) is 35.4 Å². The van der Waals surface area contributed by atoms with E-state index < -0.39 is 18.0 Å². The van der Waals surface area contributed by atoms with Crippen LogP contribution in [0.1, 0.15) is 22.8 Å². The Balaban J connectivity index is 2.74. The smallest absolute Gasteiger partial charge is 0.332 e. The monoisotopic (exact) mass is 223 g/mol. The molecule has 0 saturated carbocycles. The zero-order valence-corrected chi connectivity index (χ0v) is 8.84. The van der Waals surface area contributed by atoms with Crippen molar-refractivity contribution in [2.24, 2.45) is 5.73 Å². The van der Waals surface area contributed by atoms with E-state index in [-0.39, 0.29) is 6.61 Å². The molecule has 0 aliphatic carbocycles. The Morgan fingerprint density at radius 1 is 1.44 bits per heavy atom. The first-order chi connectivity index (χ1) is 7.52. The average Bonchev–Trinajstić information content (AvgIpc) is 2.25. The zero-order valence-electron chi connectivity index (χ0n) is 8.84. The summed E-state index contributed by atoms with van der Waals surface area (Å²) in [5, 5.41) is 8.62. The molecule has 5 heteroatoms. The Morgan fingerprint density at radius 3 is 2.62 bits per heavy atom. The first-order valence-electron chi connectivity index (χ1n) is 4.74. The Labute approximate surface area is 92.8 Å². The van der Waals surface area contributed by atoms with E-state index >= 15 is 0 Å². The van der Waals surface area contributed by atoms with E-state index in [0.717, 1.165) is 0 Å². The number of benzene rings is 1. The van der Waals surface area contributed by atoms with Gasteiger partial charge in [0.2, 0.25) is 5.91 Å². The predicted molar refractivity (Wildman–Crippen MR) is 56.8 cm³/mol. The number of rotatable bonds is 5. The minimum atomic E-state index is -1.04. The first-order valence-corrected chi connectivity index (χ1v) is 4.74. The summed E-state index contributed by atoms with van der Waals surface area (Å²) in [5.74, 6) is -1.60. The van der Waals surface area contributed by atoms with E-state index in [1.807, 2.05) is 0 Å². The van der Waals surface area contributed by atoms with E-state index in [0.29, 0.717) is 11.1 Å². The lowest BCUT2D eigenvalue weighted by Crippen LogP contribution is -2.21. The van der Waals surface area contributed by atoms with Gasteiger partial charge in [0.25, 0.3) is 0 Å². The van der Waals surface area contributed by atoms with Gasteiger partial charge in [-0.25, -0.2) is 4.79 Å². The molecular weight excluding hydrogens is 210 g/mol. The number of ether oxygens (including phenoxy) is 1. The Bertz CT molecular complexity index is 403. The van der Waals surface area contributed by atoms with Crippen LogP contribution in [0.15, 0.2) is 24.3 Å². The van der Waals surface area contributed by atoms with Gasteiger partial charge < -0.3 is 15.6 Å². The number of carbonyl (C=O) groups is 2. The van der Waals surface area contributed by atoms with Gasteiger partial charge in [-0.15, -0.1) is 0 Å². The second-order valence-corrected chi connectivity index (χ2v) is 3.31. The minimum Gasteiger partial charge on any atom is -0.479 e. The van der Waals surface area contributed by atoms with Crippen molar-refractivity contribution in [3.63, 3.8) is 0 Å². The van der Waals surface area contributed by atoms with Crippen molar-refractivity contribution in [1.29, 1.82) is 0 Å². The number of hydrogen-bond donors (Lipinski definition) is 2. The molecule has 16 heavy (non-hydrogen) atoms. The van der Waals surface area contributed by atoms with Gasteiger partial charge in [0, 0.05) is 5.56 Å². The number of carboxylic acids is 1. The molecule has 1 aromatic rings. The predicted octanol–water partition coefficient (Wildman–Crippen LogP) is 0.775. The third kappa shape index (κ3) is 3.06. The number of aliphatic carboxylic acids is 1. The maximum Gasteiger partial charge on any atom is 0.332 e. The topological polar surface area (TPSA) is 89.6 Å². The van der Waals surface area contributed by atoms with Crippen molar-refractivity contribution in [2.75, 3.05) is 0 Å². The molecule has 0 saturated heterocycles. The summed E-state index contributed by atoms with van der Waals surface area (Å²) in [6.07, 6.45) is -0.916. The van der Waals surface area contributed by atoms with Gasteiger partial charge in [-0.1, -0.05) is 18.2 Å². The van der Waals surface area contributed by atoms with Crippen molar-refractivity contribution in [1.82, 2.24) is 0 Å². The normalized spacial score (nSPS) is 12.1. The molecule has 0 unspecified atom stereocenters. The van der Waals surface area contributed by atoms with Crippen LogP contribution >= 0.6 is 0 Å². The van der Waals surface area contributed by atoms with Gasteiger partial charge in [0.1, 0.15) is 0 Å². The summed E-state index contributed by atoms with van der Waals surface area (Å²) < 4.78 is 5.07. The summed E-state index contributed by atoms with van der Waals surface area (Å²) in [7, 11) is 0. The SMILES string of the molecule is C[C@@H](OCc1ccccc1C(N)=O)C(=O)O. The summed E-state index contributed by atoms with van der Waals surface area (Å²) in [4.78, 5) is 21.6. The summed E-state index contributed by atoms with van der Waals surface area (Å²) >= 11 is 0. The third-order valence-corrected chi connectivity index (χ3v) is 2.12. The maximum atomic E-state index is 11.1. The van der Waals surface area contributed by atoms with Crippen molar-refractivity contribution < 1.29 is 19.4 Å². The number of hydrogen-bond acceptors (Lipinski definition) is 3. The fourth-order valence-electron chi connectivity index (χ4n) is 1.17. The van der Waals surface area contributed by atoms with E-state index in [2.05, 4.69) is 0 Å². The highest BCUT2D eigenvalue weighted by Crippen LogP contribution is 2.10. The van der Waals surface area contributed by atoms with Crippen LogP contribution in [-0.2, 0) is 16.1 Å². The molecule has 0 heterocycles. The standard InChI is InChI=1S/C11H13NO4/c1-7(11(14)15)16-6-8-4-2-3-5-9(8)10(12)13/h2-5,7H,6H2,1H3,(H2,12,13)(H,14,15)/t7-/m1/s1. The molecule has 1 amide bonds. The van der Waals surface area contributed by atoms with Crippen LogP contribution in [0.2, 0.25) is 0 Å². The molecule has 0 aliphatic heterocycles. The summed E-state index contributed by atoms with van der Waals surface area (Å²) in [5.41, 5.74) is 6.10. The largest absolute Gasteiger partial charge is 0.479 e. The van der Waals surface area contributed by atoms with Crippen LogP contribution in [0, 0.1) is 0 Å². The molecule has 1 aromatic carbocycles. The van der Waals surface area contributed by atoms with E-state index in [4.69, 9.17) is 15.6 Å². The minimum absolute atomic E-state index is 0.0482. The number of nitrogens with two attached hydrogens (primary N) is 1. The van der Waals surface area contributed by atoms with Gasteiger partial charge in [-0.2, -0.15) is 0 Å². The lowest BCUT2D eigenvalue weighted by molar-refractivity contribution is -0.149. The summed E-state index contributed by atoms with van der Waals surface area (Å²) in [6, 6.07) is 6.67. The van der Waals surface area contributed by atoms with Crippen LogP contribution in [0.5, 0.6) is 0 Å². The number of carbonyl (C=O) groups excluding carboxylic acids is 1. The van der Waals surface area contributed by atoms with Crippen LogP contribution in [0.4, 0.5) is 0 Å². The molecule has 0 aromatic heterocycles. The molecule has 1 rings (SSSR count). The van der Waals surface area contributed by atoms with Crippen molar-refractivity contribution >= 4 is 11.9 Å². The average molecular weight is 223 g/mol. The second-order valence-electron chi connectivity index (χ2n) is 3.31. The van der Waals surface area contributed by atoms with Gasteiger partial charge >= 0.3 is 5.97 Å². The van der Waals surface area contributed by atoms with Gasteiger partial charge in [0.15, 0.2) is 6.10 Å². The molecule has 0 bridgehead atoms. The fraction of sp³-hybridized carbons (Fsp3) is 0.273. The summed E-state index contributed by atoms with van der Waals surface area (Å²) in [6.45, 7) is 1.47. The number of primary amides is 1.